The molecule has 2 aromatic rings. The number of aliphatic hydroxyl groups excluding tert-OH is 1. The number of hydrogen-bond donors (Lipinski definition) is 1. The molecule has 0 saturated heterocycles. The van der Waals surface area contributed by atoms with E-state index in [1.807, 2.05) is 48.7 Å². The highest BCUT2D eigenvalue weighted by Crippen LogP contribution is 2.24. The van der Waals surface area contributed by atoms with Crippen LogP contribution in [0.15, 0.2) is 61.4 Å². The SMILES string of the molecule is C=CCCc1cnccc1C(O)c1ccccc1. The second-order valence-corrected chi connectivity index (χ2v) is 4.22. The lowest BCUT2D eigenvalue weighted by atomic mass is 9.96. The number of aromatic nitrogens is 1. The summed E-state index contributed by atoms with van der Waals surface area (Å²) >= 11 is 0. The summed E-state index contributed by atoms with van der Waals surface area (Å²) in [4.78, 5) is 4.13. The van der Waals surface area contributed by atoms with E-state index in [0.29, 0.717) is 0 Å². The number of rotatable bonds is 5. The van der Waals surface area contributed by atoms with Crippen LogP contribution in [0.25, 0.3) is 0 Å². The molecular formula is C16H17NO. The van der Waals surface area contributed by atoms with E-state index in [2.05, 4.69) is 11.6 Å². The smallest absolute Gasteiger partial charge is 0.104 e. The molecule has 1 aromatic heterocycles. The van der Waals surface area contributed by atoms with Crippen LogP contribution in [-0.4, -0.2) is 10.1 Å². The second kappa shape index (κ2) is 6.12. The van der Waals surface area contributed by atoms with E-state index >= 15 is 0 Å². The molecule has 92 valence electrons. The van der Waals surface area contributed by atoms with Gasteiger partial charge < -0.3 is 5.11 Å². The predicted molar refractivity (Wildman–Crippen MR) is 73.3 cm³/mol. The Morgan fingerprint density at radius 1 is 1.22 bits per heavy atom. The van der Waals surface area contributed by atoms with Gasteiger partial charge in [-0.3, -0.25) is 4.98 Å². The van der Waals surface area contributed by atoms with Crippen LogP contribution in [0.1, 0.15) is 29.2 Å². The van der Waals surface area contributed by atoms with Gasteiger partial charge in [0, 0.05) is 12.4 Å². The minimum atomic E-state index is -0.589. The Hall–Kier alpha value is -1.93. The summed E-state index contributed by atoms with van der Waals surface area (Å²) in [5.41, 5.74) is 2.91. The maximum absolute atomic E-state index is 10.4. The van der Waals surface area contributed by atoms with Crippen molar-refractivity contribution in [1.29, 1.82) is 0 Å². The molecule has 1 heterocycles. The van der Waals surface area contributed by atoms with E-state index in [0.717, 1.165) is 29.5 Å². The second-order valence-electron chi connectivity index (χ2n) is 4.22. The van der Waals surface area contributed by atoms with Crippen molar-refractivity contribution < 1.29 is 5.11 Å². The largest absolute Gasteiger partial charge is 0.384 e. The molecule has 18 heavy (non-hydrogen) atoms. The Bertz CT molecular complexity index is 508. The molecule has 1 atom stereocenters. The molecule has 0 bridgehead atoms. The van der Waals surface area contributed by atoms with Gasteiger partial charge >= 0.3 is 0 Å². The molecule has 2 nitrogen and oxygen atoms in total. The monoisotopic (exact) mass is 239 g/mol. The molecule has 2 heteroatoms. The lowest BCUT2D eigenvalue weighted by Crippen LogP contribution is -2.04. The third-order valence-electron chi connectivity index (χ3n) is 2.97. The topological polar surface area (TPSA) is 33.1 Å². The first-order valence-electron chi connectivity index (χ1n) is 6.09. The molecule has 0 aliphatic carbocycles. The fraction of sp³-hybridized carbons (Fsp3) is 0.188. The van der Waals surface area contributed by atoms with Crippen molar-refractivity contribution in [3.8, 4) is 0 Å². The van der Waals surface area contributed by atoms with Gasteiger partial charge in [0.15, 0.2) is 0 Å². The van der Waals surface area contributed by atoms with Crippen molar-refractivity contribution in [3.05, 3.63) is 78.1 Å². The quantitative estimate of drug-likeness (QED) is 0.812. The van der Waals surface area contributed by atoms with Gasteiger partial charge in [-0.05, 0) is 35.6 Å². The Morgan fingerprint density at radius 3 is 2.72 bits per heavy atom. The number of allylic oxidation sites excluding steroid dienone is 1. The Balaban J connectivity index is 2.29. The third-order valence-corrected chi connectivity index (χ3v) is 2.97. The number of hydrogen-bond acceptors (Lipinski definition) is 2. The zero-order valence-corrected chi connectivity index (χ0v) is 10.3. The van der Waals surface area contributed by atoms with Crippen LogP contribution in [0, 0.1) is 0 Å². The molecule has 0 aliphatic rings. The van der Waals surface area contributed by atoms with E-state index in [1.165, 1.54) is 0 Å². The summed E-state index contributed by atoms with van der Waals surface area (Å²) in [7, 11) is 0. The van der Waals surface area contributed by atoms with Crippen LogP contribution >= 0.6 is 0 Å². The highest BCUT2D eigenvalue weighted by atomic mass is 16.3. The lowest BCUT2D eigenvalue weighted by Gasteiger charge is -2.15. The molecule has 0 radical (unpaired) electrons. The summed E-state index contributed by atoms with van der Waals surface area (Å²) in [6.07, 6.45) is 6.58. The van der Waals surface area contributed by atoms with E-state index in [4.69, 9.17) is 0 Å². The van der Waals surface area contributed by atoms with Gasteiger partial charge in [-0.1, -0.05) is 36.4 Å². The van der Waals surface area contributed by atoms with Crippen LogP contribution < -0.4 is 0 Å². The summed E-state index contributed by atoms with van der Waals surface area (Å²) in [6.45, 7) is 3.73. The molecule has 0 fully saturated rings. The number of aliphatic hydroxyl groups is 1. The fourth-order valence-electron chi connectivity index (χ4n) is 1.99. The molecule has 1 aromatic carbocycles. The molecule has 1 N–H and O–H groups in total. The van der Waals surface area contributed by atoms with Gasteiger partial charge in [0.1, 0.15) is 6.10 Å². The van der Waals surface area contributed by atoms with Gasteiger partial charge in [0.2, 0.25) is 0 Å². The van der Waals surface area contributed by atoms with E-state index in [9.17, 15) is 5.11 Å². The van der Waals surface area contributed by atoms with Crippen LogP contribution in [-0.2, 0) is 6.42 Å². The molecule has 0 amide bonds. The lowest BCUT2D eigenvalue weighted by molar-refractivity contribution is 0.219. The number of pyridine rings is 1. The summed E-state index contributed by atoms with van der Waals surface area (Å²) < 4.78 is 0. The zero-order chi connectivity index (χ0) is 12.8. The highest BCUT2D eigenvalue weighted by molar-refractivity contribution is 5.34. The van der Waals surface area contributed by atoms with Gasteiger partial charge in [-0.2, -0.15) is 0 Å². The van der Waals surface area contributed by atoms with E-state index in [1.54, 1.807) is 6.20 Å². The van der Waals surface area contributed by atoms with Crippen molar-refractivity contribution in [3.63, 3.8) is 0 Å². The maximum atomic E-state index is 10.4. The fourth-order valence-corrected chi connectivity index (χ4v) is 1.99. The highest BCUT2D eigenvalue weighted by Gasteiger charge is 2.13. The van der Waals surface area contributed by atoms with Crippen LogP contribution in [0.3, 0.4) is 0 Å². The average molecular weight is 239 g/mol. The molecule has 0 aliphatic heterocycles. The number of benzene rings is 1. The Morgan fingerprint density at radius 2 is 2.00 bits per heavy atom. The van der Waals surface area contributed by atoms with Crippen molar-refractivity contribution in [2.24, 2.45) is 0 Å². The maximum Gasteiger partial charge on any atom is 0.104 e. The van der Waals surface area contributed by atoms with Crippen molar-refractivity contribution in [2.45, 2.75) is 18.9 Å². The molecular weight excluding hydrogens is 222 g/mol. The summed E-state index contributed by atoms with van der Waals surface area (Å²) in [5, 5.41) is 10.4. The van der Waals surface area contributed by atoms with Crippen molar-refractivity contribution >= 4 is 0 Å². The first-order valence-corrected chi connectivity index (χ1v) is 6.09. The molecule has 0 saturated carbocycles. The van der Waals surface area contributed by atoms with Gasteiger partial charge in [-0.15, -0.1) is 6.58 Å². The predicted octanol–water partition coefficient (Wildman–Crippen LogP) is 3.28. The molecule has 0 spiro atoms. The van der Waals surface area contributed by atoms with Gasteiger partial charge in [-0.25, -0.2) is 0 Å². The van der Waals surface area contributed by atoms with E-state index in [-0.39, 0.29) is 0 Å². The van der Waals surface area contributed by atoms with Crippen molar-refractivity contribution in [1.82, 2.24) is 4.98 Å². The van der Waals surface area contributed by atoms with E-state index < -0.39 is 6.10 Å². The van der Waals surface area contributed by atoms with Crippen LogP contribution in [0.4, 0.5) is 0 Å². The van der Waals surface area contributed by atoms with Gasteiger partial charge in [0.25, 0.3) is 0 Å². The van der Waals surface area contributed by atoms with Crippen LogP contribution in [0.2, 0.25) is 0 Å². The number of nitrogens with zero attached hydrogens (tertiary/aromatic N) is 1. The first kappa shape index (κ1) is 12.5. The van der Waals surface area contributed by atoms with Gasteiger partial charge in [0.05, 0.1) is 0 Å². The Labute approximate surface area is 108 Å². The minimum Gasteiger partial charge on any atom is -0.384 e. The van der Waals surface area contributed by atoms with Crippen LogP contribution in [0.5, 0.6) is 0 Å². The summed E-state index contributed by atoms with van der Waals surface area (Å²) in [6, 6.07) is 11.6. The van der Waals surface area contributed by atoms with Crippen molar-refractivity contribution in [2.75, 3.05) is 0 Å². The minimum absolute atomic E-state index is 0.589. The standard InChI is InChI=1S/C16H17NO/c1-2-3-7-14-12-17-11-10-15(14)16(18)13-8-5-4-6-9-13/h2,4-6,8-12,16,18H,1,3,7H2. The zero-order valence-electron chi connectivity index (χ0n) is 10.3. The average Bonchev–Trinajstić information content (AvgIpc) is 2.45. The number of aryl methyl sites for hydroxylation is 1. The Kier molecular flexibility index (Phi) is 4.26. The normalized spacial score (nSPS) is 12.1. The third kappa shape index (κ3) is 2.84. The molecule has 1 unspecified atom stereocenters. The summed E-state index contributed by atoms with van der Waals surface area (Å²) in [5.74, 6) is 0. The first-order chi connectivity index (χ1) is 8.83. The molecule has 2 rings (SSSR count).